The number of aromatic nitrogens is 3. The van der Waals surface area contributed by atoms with Crippen LogP contribution in [0, 0.1) is 0 Å². The second-order valence-corrected chi connectivity index (χ2v) is 7.30. The standard InChI is InChI=1S/C11H12Br2N4S/c1-11(2,3)16-10-15-9(17-18-10)8-7(13)4-6(12)5-14-8/h4-5H,1-3H3,(H,15,16,17). The lowest BCUT2D eigenvalue weighted by Gasteiger charge is -2.18. The van der Waals surface area contributed by atoms with Gasteiger partial charge in [0.15, 0.2) is 5.82 Å². The highest BCUT2D eigenvalue weighted by Gasteiger charge is 2.15. The molecule has 0 aliphatic carbocycles. The Kier molecular flexibility index (Phi) is 4.03. The van der Waals surface area contributed by atoms with E-state index in [0.29, 0.717) is 5.82 Å². The number of rotatable bonds is 2. The zero-order chi connectivity index (χ0) is 13.3. The second kappa shape index (κ2) is 5.22. The van der Waals surface area contributed by atoms with Crippen LogP contribution in [-0.2, 0) is 0 Å². The van der Waals surface area contributed by atoms with Crippen molar-refractivity contribution in [2.24, 2.45) is 0 Å². The highest BCUT2D eigenvalue weighted by Crippen LogP contribution is 2.29. The molecule has 1 N–H and O–H groups in total. The van der Waals surface area contributed by atoms with Crippen molar-refractivity contribution in [3.8, 4) is 11.5 Å². The molecule has 0 saturated heterocycles. The van der Waals surface area contributed by atoms with Crippen molar-refractivity contribution < 1.29 is 0 Å². The summed E-state index contributed by atoms with van der Waals surface area (Å²) in [6.45, 7) is 6.26. The molecule has 0 fully saturated rings. The lowest BCUT2D eigenvalue weighted by molar-refractivity contribution is 0.633. The number of anilines is 1. The van der Waals surface area contributed by atoms with Crippen molar-refractivity contribution in [2.75, 3.05) is 5.32 Å². The Labute approximate surface area is 127 Å². The molecule has 18 heavy (non-hydrogen) atoms. The first-order chi connectivity index (χ1) is 8.35. The van der Waals surface area contributed by atoms with Gasteiger partial charge in [-0.15, -0.1) is 0 Å². The van der Waals surface area contributed by atoms with Gasteiger partial charge in [-0.2, -0.15) is 9.36 Å². The van der Waals surface area contributed by atoms with Gasteiger partial charge < -0.3 is 5.32 Å². The summed E-state index contributed by atoms with van der Waals surface area (Å²) in [4.78, 5) is 8.76. The van der Waals surface area contributed by atoms with Crippen molar-refractivity contribution in [1.29, 1.82) is 0 Å². The topological polar surface area (TPSA) is 50.7 Å². The zero-order valence-electron chi connectivity index (χ0n) is 10.2. The van der Waals surface area contributed by atoms with Gasteiger partial charge in [0, 0.05) is 32.2 Å². The molecule has 2 aromatic rings. The van der Waals surface area contributed by atoms with Crippen LogP contribution in [0.2, 0.25) is 0 Å². The second-order valence-electron chi connectivity index (χ2n) is 4.78. The van der Waals surface area contributed by atoms with Gasteiger partial charge in [0.25, 0.3) is 0 Å². The molecule has 0 spiro atoms. The SMILES string of the molecule is CC(C)(C)Nc1nc(-c2ncc(Br)cc2Br)ns1. The molecule has 2 heterocycles. The van der Waals surface area contributed by atoms with Crippen LogP contribution in [0.3, 0.4) is 0 Å². The molecule has 0 aliphatic heterocycles. The molecular weight excluding hydrogens is 380 g/mol. The van der Waals surface area contributed by atoms with Gasteiger partial charge in [-0.3, -0.25) is 4.98 Å². The lowest BCUT2D eigenvalue weighted by atomic mass is 10.1. The van der Waals surface area contributed by atoms with Crippen LogP contribution in [0.4, 0.5) is 5.13 Å². The van der Waals surface area contributed by atoms with E-state index >= 15 is 0 Å². The van der Waals surface area contributed by atoms with Crippen molar-refractivity contribution >= 4 is 48.5 Å². The van der Waals surface area contributed by atoms with Crippen LogP contribution < -0.4 is 5.32 Å². The number of nitrogens with one attached hydrogen (secondary N) is 1. The van der Waals surface area contributed by atoms with Gasteiger partial charge in [0.1, 0.15) is 5.69 Å². The minimum Gasteiger partial charge on any atom is -0.356 e. The Morgan fingerprint density at radius 1 is 1.28 bits per heavy atom. The molecular formula is C11H12Br2N4S. The normalized spacial score (nSPS) is 11.6. The van der Waals surface area contributed by atoms with E-state index in [1.165, 1.54) is 11.5 Å². The van der Waals surface area contributed by atoms with Crippen molar-refractivity contribution in [3.05, 3.63) is 21.2 Å². The number of nitrogens with zero attached hydrogens (tertiary/aromatic N) is 3. The third kappa shape index (κ3) is 3.49. The van der Waals surface area contributed by atoms with E-state index in [4.69, 9.17) is 0 Å². The van der Waals surface area contributed by atoms with Gasteiger partial charge >= 0.3 is 0 Å². The Morgan fingerprint density at radius 3 is 2.61 bits per heavy atom. The van der Waals surface area contributed by atoms with Crippen LogP contribution in [0.15, 0.2) is 21.2 Å². The number of halogens is 2. The van der Waals surface area contributed by atoms with E-state index in [2.05, 4.69) is 72.3 Å². The zero-order valence-corrected chi connectivity index (χ0v) is 14.1. The van der Waals surface area contributed by atoms with Crippen molar-refractivity contribution in [3.63, 3.8) is 0 Å². The molecule has 0 amide bonds. The monoisotopic (exact) mass is 390 g/mol. The maximum absolute atomic E-state index is 4.44. The van der Waals surface area contributed by atoms with Crippen LogP contribution in [0.5, 0.6) is 0 Å². The molecule has 2 rings (SSSR count). The minimum atomic E-state index is -0.0266. The summed E-state index contributed by atoms with van der Waals surface area (Å²) in [6, 6.07) is 1.93. The maximum Gasteiger partial charge on any atom is 0.203 e. The third-order valence-electron chi connectivity index (χ3n) is 1.93. The highest BCUT2D eigenvalue weighted by molar-refractivity contribution is 9.11. The lowest BCUT2D eigenvalue weighted by Crippen LogP contribution is -2.25. The maximum atomic E-state index is 4.44. The van der Waals surface area contributed by atoms with Crippen LogP contribution in [0.1, 0.15) is 20.8 Å². The predicted molar refractivity (Wildman–Crippen MR) is 81.9 cm³/mol. The Morgan fingerprint density at radius 2 is 2.00 bits per heavy atom. The predicted octanol–water partition coefficient (Wildman–Crippen LogP) is 4.34. The molecule has 96 valence electrons. The third-order valence-corrected chi connectivity index (χ3v) is 3.60. The van der Waals surface area contributed by atoms with Gasteiger partial charge in [0.2, 0.25) is 5.13 Å². The number of hydrogen-bond donors (Lipinski definition) is 1. The Hall–Kier alpha value is -0.530. The number of pyridine rings is 1. The largest absolute Gasteiger partial charge is 0.356 e. The molecule has 0 aromatic carbocycles. The van der Waals surface area contributed by atoms with Gasteiger partial charge in [-0.25, -0.2) is 0 Å². The molecule has 0 aliphatic rings. The summed E-state index contributed by atoms with van der Waals surface area (Å²) in [5, 5.41) is 4.09. The summed E-state index contributed by atoms with van der Waals surface area (Å²) in [5.74, 6) is 0.631. The first-order valence-corrected chi connectivity index (χ1v) is 7.64. The van der Waals surface area contributed by atoms with Crippen molar-refractivity contribution in [1.82, 2.24) is 14.3 Å². The summed E-state index contributed by atoms with van der Waals surface area (Å²) in [6.07, 6.45) is 1.73. The van der Waals surface area contributed by atoms with Gasteiger partial charge in [-0.1, -0.05) is 0 Å². The fourth-order valence-electron chi connectivity index (χ4n) is 1.27. The Balaban J connectivity index is 2.29. The van der Waals surface area contributed by atoms with E-state index in [1.54, 1.807) is 6.20 Å². The molecule has 7 heteroatoms. The first kappa shape index (κ1) is 13.9. The van der Waals surface area contributed by atoms with Crippen LogP contribution >= 0.6 is 43.4 Å². The van der Waals surface area contributed by atoms with E-state index in [-0.39, 0.29) is 5.54 Å². The van der Waals surface area contributed by atoms with E-state index in [1.807, 2.05) is 6.07 Å². The molecule has 0 saturated carbocycles. The average molecular weight is 392 g/mol. The highest BCUT2D eigenvalue weighted by atomic mass is 79.9. The van der Waals surface area contributed by atoms with Gasteiger partial charge in [0.05, 0.1) is 0 Å². The quantitative estimate of drug-likeness (QED) is 0.827. The molecule has 0 radical (unpaired) electrons. The van der Waals surface area contributed by atoms with E-state index in [0.717, 1.165) is 19.8 Å². The van der Waals surface area contributed by atoms with Crippen molar-refractivity contribution in [2.45, 2.75) is 26.3 Å². The van der Waals surface area contributed by atoms with Crippen LogP contribution in [-0.4, -0.2) is 19.9 Å². The minimum absolute atomic E-state index is 0.0266. The molecule has 0 atom stereocenters. The molecule has 2 aromatic heterocycles. The average Bonchev–Trinajstić information content (AvgIpc) is 2.63. The first-order valence-electron chi connectivity index (χ1n) is 5.28. The fourth-order valence-corrected chi connectivity index (χ4v) is 3.21. The van der Waals surface area contributed by atoms with Crippen LogP contribution in [0.25, 0.3) is 11.5 Å². The summed E-state index contributed by atoms with van der Waals surface area (Å²) >= 11 is 8.18. The molecule has 0 bridgehead atoms. The van der Waals surface area contributed by atoms with E-state index < -0.39 is 0 Å². The van der Waals surface area contributed by atoms with E-state index in [9.17, 15) is 0 Å². The van der Waals surface area contributed by atoms with Gasteiger partial charge in [-0.05, 0) is 58.7 Å². The fraction of sp³-hybridized carbons (Fsp3) is 0.364. The summed E-state index contributed by atoms with van der Waals surface area (Å²) in [7, 11) is 0. The number of hydrogen-bond acceptors (Lipinski definition) is 5. The smallest absolute Gasteiger partial charge is 0.203 e. The summed E-state index contributed by atoms with van der Waals surface area (Å²) < 4.78 is 6.11. The summed E-state index contributed by atoms with van der Waals surface area (Å²) in [5.41, 5.74) is 0.720. The Bertz CT molecular complexity index is 562. The molecule has 4 nitrogen and oxygen atoms in total. The molecule has 0 unspecified atom stereocenters.